The monoisotopic (exact) mass is 1640 g/mol. The highest BCUT2D eigenvalue weighted by Gasteiger charge is 2.57. The van der Waals surface area contributed by atoms with Gasteiger partial charge in [-0.2, -0.15) is 40.2 Å². The summed E-state index contributed by atoms with van der Waals surface area (Å²) in [5, 5.41) is 28.0. The Labute approximate surface area is 653 Å². The SMILES string of the molecule is COC(=O)C[C@H](C(=O)NN(Cc1c(F)cc(-c2ccn(C(F)F)n2)cc1F)C[C@H](OC(=O)CC(C)(C)c1c(CC(=O)Nc2cc(C(=O)O)cc(C(=O)O)c2)cc(C)cc1CP(=O)(O)O)[C@@H](CC(=O)[C@@H](NC(=O)OC)C(C)(C)C(F)(F)F)Cc1ccc(C#Cc2ccc(N3CC4CCC(C3)N4C3COC3)nc2)cc1)C(C)(C)C(F)(F)F. The second-order valence-corrected chi connectivity index (χ2v) is 32.1. The van der Waals surface area contributed by atoms with Crippen LogP contribution in [0.25, 0.3) is 11.3 Å². The zero-order valence-corrected chi connectivity index (χ0v) is 64.7. The molecule has 6 aromatic rings. The van der Waals surface area contributed by atoms with E-state index in [2.05, 4.69) is 47.0 Å². The zero-order valence-electron chi connectivity index (χ0n) is 63.8. The van der Waals surface area contributed by atoms with Gasteiger partial charge < -0.3 is 54.5 Å². The number of halogens is 10. The number of nitrogens with zero attached hydrogens (tertiary/aromatic N) is 6. The molecule has 115 heavy (non-hydrogen) atoms. The Bertz CT molecular complexity index is 4680. The lowest BCUT2D eigenvalue weighted by molar-refractivity contribution is -0.231. The van der Waals surface area contributed by atoms with Crippen LogP contribution >= 0.6 is 7.60 Å². The summed E-state index contributed by atoms with van der Waals surface area (Å²) in [6.07, 6.45) is -16.0. The number of aromatic nitrogens is 3. The molecule has 0 radical (unpaired) electrons. The van der Waals surface area contributed by atoms with Crippen molar-refractivity contribution in [1.29, 1.82) is 0 Å². The van der Waals surface area contributed by atoms with Crippen molar-refractivity contribution in [2.75, 3.05) is 57.3 Å². The van der Waals surface area contributed by atoms with Crippen molar-refractivity contribution in [2.45, 2.75) is 161 Å². The quantitative estimate of drug-likeness (QED) is 0.00515. The fraction of sp³-hybridized carbons (Fsp3) is 0.462. The summed E-state index contributed by atoms with van der Waals surface area (Å²) < 4.78 is 188. The van der Waals surface area contributed by atoms with Gasteiger partial charge in [0, 0.05) is 89.8 Å². The number of hydrazine groups is 1. The highest BCUT2D eigenvalue weighted by Crippen LogP contribution is 2.48. The molecule has 9 rings (SSSR count). The molecule has 0 saturated carbocycles. The number of aryl methyl sites for hydroxylation is 1. The number of carbonyl (C=O) groups excluding carboxylic acids is 6. The first kappa shape index (κ1) is 88.6. The number of nitrogens with one attached hydrogen (secondary N) is 3. The van der Waals surface area contributed by atoms with E-state index in [1.165, 1.54) is 57.2 Å². The Kier molecular flexibility index (Phi) is 27.6. The van der Waals surface area contributed by atoms with Gasteiger partial charge in [-0.25, -0.2) is 37.8 Å². The minimum atomic E-state index is -5.34. The van der Waals surface area contributed by atoms with E-state index in [9.17, 15) is 62.1 Å². The van der Waals surface area contributed by atoms with Gasteiger partial charge in [-0.1, -0.05) is 69.4 Å². The summed E-state index contributed by atoms with van der Waals surface area (Å²) in [5.74, 6) is -10.8. The first-order valence-corrected chi connectivity index (χ1v) is 37.9. The number of hydrogen-bond acceptors (Lipinski definition) is 18. The lowest BCUT2D eigenvalue weighted by Gasteiger charge is -2.47. The van der Waals surface area contributed by atoms with Crippen LogP contribution in [-0.4, -0.2) is 182 Å². The number of piperazine rings is 1. The second kappa shape index (κ2) is 35.8. The van der Waals surface area contributed by atoms with Gasteiger partial charge in [0.25, 0.3) is 0 Å². The topological polar surface area (TPSA) is 348 Å². The average molecular weight is 1640 g/mol. The van der Waals surface area contributed by atoms with Gasteiger partial charge in [0.05, 0.1) is 99.0 Å². The number of carboxylic acid groups (broad SMARTS) is 2. The van der Waals surface area contributed by atoms with Crippen molar-refractivity contribution < 1.29 is 126 Å². The van der Waals surface area contributed by atoms with Crippen LogP contribution < -0.4 is 21.0 Å². The summed E-state index contributed by atoms with van der Waals surface area (Å²) in [4.78, 5) is 141. The second-order valence-electron chi connectivity index (χ2n) is 30.5. The van der Waals surface area contributed by atoms with Crippen molar-refractivity contribution in [2.24, 2.45) is 22.7 Å². The summed E-state index contributed by atoms with van der Waals surface area (Å²) in [7, 11) is -3.59. The molecule has 0 aliphatic carbocycles. The molecule has 7 N–H and O–H groups in total. The number of amides is 3. The van der Waals surface area contributed by atoms with E-state index in [4.69, 9.17) is 14.5 Å². The number of ether oxygens (including phenoxy) is 4. The Balaban J connectivity index is 1.17. The van der Waals surface area contributed by atoms with Crippen molar-refractivity contribution in [3.63, 3.8) is 0 Å². The van der Waals surface area contributed by atoms with Crippen molar-refractivity contribution in [1.82, 2.24) is 35.4 Å². The van der Waals surface area contributed by atoms with Gasteiger partial charge in [0.1, 0.15) is 29.6 Å². The lowest BCUT2D eigenvalue weighted by Crippen LogP contribution is -2.62. The molecule has 3 aliphatic rings. The molecule has 3 amide bonds. The molecule has 4 aromatic carbocycles. The van der Waals surface area contributed by atoms with Gasteiger partial charge in [-0.3, -0.25) is 38.9 Å². The number of methoxy groups -OCH3 is 2. The molecule has 2 aromatic heterocycles. The normalized spacial score (nSPS) is 16.7. The Morgan fingerprint density at radius 3 is 1.85 bits per heavy atom. The molecule has 6 atom stereocenters. The number of pyridine rings is 1. The maximum absolute atomic E-state index is 17.0. The van der Waals surface area contributed by atoms with Gasteiger partial charge in [-0.15, -0.1) is 0 Å². The predicted octanol–water partition coefficient (Wildman–Crippen LogP) is 11.6. The van der Waals surface area contributed by atoms with E-state index in [-0.39, 0.29) is 38.2 Å². The van der Waals surface area contributed by atoms with Crippen LogP contribution in [0.3, 0.4) is 0 Å². The van der Waals surface area contributed by atoms with Crippen LogP contribution in [-0.2, 0) is 78.4 Å². The zero-order chi connectivity index (χ0) is 84.8. The van der Waals surface area contributed by atoms with E-state index in [0.29, 0.717) is 87.3 Å². The molecule has 3 aliphatic heterocycles. The van der Waals surface area contributed by atoms with Crippen LogP contribution in [0.15, 0.2) is 97.3 Å². The van der Waals surface area contributed by atoms with Crippen LogP contribution in [0.5, 0.6) is 0 Å². The maximum Gasteiger partial charge on any atom is 0.407 e. The number of esters is 2. The molecule has 2 unspecified atom stereocenters. The van der Waals surface area contributed by atoms with Crippen molar-refractivity contribution in [3.05, 3.63) is 165 Å². The number of aromatic carboxylic acids is 2. The van der Waals surface area contributed by atoms with E-state index in [1.54, 1.807) is 12.3 Å². The molecule has 37 heteroatoms. The Morgan fingerprint density at radius 2 is 1.33 bits per heavy atom. The molecule has 3 saturated heterocycles. The van der Waals surface area contributed by atoms with Gasteiger partial charge in [-0.05, 0) is 123 Å². The minimum Gasteiger partial charge on any atom is -0.478 e. The number of ketones is 1. The van der Waals surface area contributed by atoms with Crippen LogP contribution in [0.1, 0.15) is 145 Å². The summed E-state index contributed by atoms with van der Waals surface area (Å²) in [6, 6.07) is 15.5. The largest absolute Gasteiger partial charge is 0.478 e. The third kappa shape index (κ3) is 22.0. The summed E-state index contributed by atoms with van der Waals surface area (Å²) >= 11 is 0. The third-order valence-electron chi connectivity index (χ3n) is 20.9. The number of carboxylic acids is 2. The highest BCUT2D eigenvalue weighted by atomic mass is 31.2. The molecular weight excluding hydrogens is 1560 g/mol. The fourth-order valence-electron chi connectivity index (χ4n) is 14.6. The number of hydrogen-bond donors (Lipinski definition) is 7. The Morgan fingerprint density at radius 1 is 0.739 bits per heavy atom. The fourth-order valence-corrected chi connectivity index (χ4v) is 15.3. The first-order chi connectivity index (χ1) is 53.6. The number of anilines is 2. The number of alkyl halides is 8. The molecule has 2 bridgehead atoms. The van der Waals surface area contributed by atoms with Crippen LogP contribution in [0.4, 0.5) is 60.2 Å². The summed E-state index contributed by atoms with van der Waals surface area (Å²) in [5.41, 5.74) is -8.60. The smallest absolute Gasteiger partial charge is 0.407 e. The third-order valence-corrected chi connectivity index (χ3v) is 21.6. The van der Waals surface area contributed by atoms with Gasteiger partial charge in [0.2, 0.25) is 11.8 Å². The van der Waals surface area contributed by atoms with E-state index >= 15 is 44.7 Å². The van der Waals surface area contributed by atoms with E-state index in [0.717, 1.165) is 76.4 Å². The van der Waals surface area contributed by atoms with Gasteiger partial charge in [0.15, 0.2) is 5.78 Å². The highest BCUT2D eigenvalue weighted by molar-refractivity contribution is 7.50. The van der Waals surface area contributed by atoms with Crippen molar-refractivity contribution in [3.8, 4) is 23.1 Å². The molecule has 620 valence electrons. The number of rotatable bonds is 32. The van der Waals surface area contributed by atoms with Crippen LogP contribution in [0.2, 0.25) is 0 Å². The van der Waals surface area contributed by atoms with Crippen LogP contribution in [0, 0.1) is 53.1 Å². The molecule has 26 nitrogen and oxygen atoms in total. The predicted molar refractivity (Wildman–Crippen MR) is 393 cm³/mol. The standard InChI is InChI=1S/C78H86F10N9O17P/c1-42-22-48(31-64(99)90-52-26-49(70(103)104)25-50(27-52)71(105)106)67(51(23-42)41-115(108,109)110)74(2,3)33-66(101)114-62(38-95(93-69(102)57(32-65(100)111-8)75(4,5)77(83,84)85)37-56-58(79)28-46(29-59(56)80)60-20-21-96(92-60)72(81)82)47(30-61(98)68(91-73(107)112-9)76(6,7)78(86,87)88)24-44-13-10-43(11-14-44)12-15-45-16-19-63(89-34-45)94-35-53-17-18-54(36-94)97(53)55-39-113-40-55/h10-11,13-14,16,19-23,25-29,34,47,53-55,57,62,68,72H,17-18,24,30-33,35-41H2,1-9H3,(H,90,99)(H,91,107)(H,93,102)(H,103,104)(H,105,106)(H2,108,109,110)/t47-,53?,54?,57-,62+,68-/m1/s1. The van der Waals surface area contributed by atoms with Crippen molar-refractivity contribution >= 4 is 66.7 Å². The van der Waals surface area contributed by atoms with Gasteiger partial charge >= 0.3 is 56.5 Å². The summed E-state index contributed by atoms with van der Waals surface area (Å²) in [6.45, 7) is 3.39. The first-order valence-electron chi connectivity index (χ1n) is 36.1. The maximum atomic E-state index is 17.0. The molecule has 0 spiro atoms. The Hall–Kier alpha value is -10.3. The van der Waals surface area contributed by atoms with E-state index in [1.807, 2.05) is 11.4 Å². The molecular formula is C78H86F10N9O17P. The number of Topliss-reactive ketones (excluding diaryl/α,β-unsaturated/α-hetero) is 1. The molecule has 5 heterocycles. The lowest BCUT2D eigenvalue weighted by atomic mass is 9.75. The number of alkyl carbamates (subject to hydrolysis) is 1. The molecule has 3 fully saturated rings. The number of fused-ring (bicyclic) bond motifs is 2. The van der Waals surface area contributed by atoms with E-state index < -0.39 is 205 Å². The average Bonchev–Trinajstić information content (AvgIpc) is 1.71. The minimum absolute atomic E-state index is 0.0630. The number of benzene rings is 4. The number of carbonyl (C=O) groups is 8.